The van der Waals surface area contributed by atoms with Gasteiger partial charge in [0.05, 0.1) is 18.8 Å². The quantitative estimate of drug-likeness (QED) is 0.761. The van der Waals surface area contributed by atoms with Crippen LogP contribution in [0.25, 0.3) is 0 Å². The largest absolute Gasteiger partial charge is 0.338 e. The molecule has 2 N–H and O–H groups in total. The molecule has 0 aromatic carbocycles. The summed E-state index contributed by atoms with van der Waals surface area (Å²) < 4.78 is 0. The Balaban J connectivity index is 2.08. The SMILES string of the molecule is CCCC[C@@]1(C)[NH2+]CCN2C(=O)CS[C@@H]21. The number of quaternary nitrogens is 1. The molecule has 0 saturated carbocycles. The second kappa shape index (κ2) is 4.34. The average molecular weight is 229 g/mol. The lowest BCUT2D eigenvalue weighted by Crippen LogP contribution is -3.02. The van der Waals surface area contributed by atoms with Gasteiger partial charge in [0.15, 0.2) is 0 Å². The van der Waals surface area contributed by atoms with E-state index in [9.17, 15) is 4.79 Å². The van der Waals surface area contributed by atoms with E-state index < -0.39 is 0 Å². The number of nitrogens with zero attached hydrogens (tertiary/aromatic N) is 1. The molecule has 0 spiro atoms. The first-order valence-corrected chi connectivity index (χ1v) is 6.98. The summed E-state index contributed by atoms with van der Waals surface area (Å²) in [6.07, 6.45) is 3.74. The van der Waals surface area contributed by atoms with Crippen LogP contribution < -0.4 is 5.32 Å². The third-order valence-corrected chi connectivity index (χ3v) is 5.10. The maximum Gasteiger partial charge on any atom is 0.233 e. The van der Waals surface area contributed by atoms with Crippen LogP contribution in [0, 0.1) is 0 Å². The molecule has 0 bridgehead atoms. The number of unbranched alkanes of at least 4 members (excludes halogenated alkanes) is 1. The van der Waals surface area contributed by atoms with Crippen molar-refractivity contribution in [2.24, 2.45) is 0 Å². The van der Waals surface area contributed by atoms with Gasteiger partial charge in [-0.05, 0) is 13.3 Å². The van der Waals surface area contributed by atoms with Crippen molar-refractivity contribution in [3.8, 4) is 0 Å². The fourth-order valence-corrected chi connectivity index (χ4v) is 4.12. The summed E-state index contributed by atoms with van der Waals surface area (Å²) in [6, 6.07) is 0. The third-order valence-electron chi connectivity index (χ3n) is 3.58. The number of amides is 1. The number of carbonyl (C=O) groups is 1. The highest BCUT2D eigenvalue weighted by Crippen LogP contribution is 2.34. The van der Waals surface area contributed by atoms with Crippen LogP contribution in [0.5, 0.6) is 0 Å². The standard InChI is InChI=1S/C11H20N2OS/c1-3-4-5-11(2)10-13(7-6-12-11)9(14)8-15-10/h10,12H,3-8H2,1-2H3/p+1/t10-,11-/m1/s1. The Morgan fingerprint density at radius 1 is 1.67 bits per heavy atom. The fourth-order valence-electron chi connectivity index (χ4n) is 2.66. The minimum atomic E-state index is 0.255. The van der Waals surface area contributed by atoms with E-state index in [4.69, 9.17) is 0 Å². The van der Waals surface area contributed by atoms with E-state index in [-0.39, 0.29) is 5.54 Å². The number of thioether (sulfide) groups is 1. The van der Waals surface area contributed by atoms with Crippen molar-refractivity contribution in [2.75, 3.05) is 18.8 Å². The van der Waals surface area contributed by atoms with Gasteiger partial charge < -0.3 is 10.2 Å². The predicted molar refractivity (Wildman–Crippen MR) is 62.7 cm³/mol. The summed E-state index contributed by atoms with van der Waals surface area (Å²) in [5.41, 5.74) is 0.255. The molecule has 0 unspecified atom stereocenters. The second-order valence-electron chi connectivity index (χ2n) is 4.85. The zero-order chi connectivity index (χ0) is 10.9. The minimum Gasteiger partial charge on any atom is -0.338 e. The van der Waals surface area contributed by atoms with Crippen molar-refractivity contribution >= 4 is 17.7 Å². The molecule has 0 aliphatic carbocycles. The number of nitrogens with two attached hydrogens (primary N) is 1. The Hall–Kier alpha value is -0.220. The molecule has 0 aromatic rings. The molecule has 2 fully saturated rings. The summed E-state index contributed by atoms with van der Waals surface area (Å²) in [5.74, 6) is 1.04. The first-order chi connectivity index (χ1) is 7.17. The normalized spacial score (nSPS) is 35.7. The molecule has 2 heterocycles. The monoisotopic (exact) mass is 229 g/mol. The van der Waals surface area contributed by atoms with Crippen LogP contribution in [0.4, 0.5) is 0 Å². The van der Waals surface area contributed by atoms with E-state index in [1.165, 1.54) is 19.3 Å². The average Bonchev–Trinajstić information content (AvgIpc) is 2.60. The zero-order valence-corrected chi connectivity index (χ0v) is 10.5. The number of hydrogen-bond acceptors (Lipinski definition) is 2. The van der Waals surface area contributed by atoms with Crippen molar-refractivity contribution in [2.45, 2.75) is 44.0 Å². The molecule has 4 heteroatoms. The van der Waals surface area contributed by atoms with E-state index >= 15 is 0 Å². The van der Waals surface area contributed by atoms with Crippen LogP contribution in [-0.4, -0.2) is 40.6 Å². The minimum absolute atomic E-state index is 0.255. The van der Waals surface area contributed by atoms with Crippen LogP contribution in [0.2, 0.25) is 0 Å². The molecule has 2 saturated heterocycles. The molecule has 1 amide bonds. The summed E-state index contributed by atoms with van der Waals surface area (Å²) in [7, 11) is 0. The maximum atomic E-state index is 11.7. The van der Waals surface area contributed by atoms with E-state index in [1.54, 1.807) is 0 Å². The molecule has 15 heavy (non-hydrogen) atoms. The number of hydrogen-bond donors (Lipinski definition) is 1. The Morgan fingerprint density at radius 3 is 3.20 bits per heavy atom. The molecular weight excluding hydrogens is 208 g/mol. The molecule has 86 valence electrons. The number of fused-ring (bicyclic) bond motifs is 1. The van der Waals surface area contributed by atoms with E-state index in [1.807, 2.05) is 11.8 Å². The topological polar surface area (TPSA) is 36.9 Å². The number of rotatable bonds is 3. The zero-order valence-electron chi connectivity index (χ0n) is 9.66. The van der Waals surface area contributed by atoms with Crippen LogP contribution in [0.15, 0.2) is 0 Å². The Morgan fingerprint density at radius 2 is 2.47 bits per heavy atom. The third kappa shape index (κ3) is 2.02. The maximum absolute atomic E-state index is 11.7. The Labute approximate surface area is 96.0 Å². The molecule has 3 nitrogen and oxygen atoms in total. The van der Waals surface area contributed by atoms with Gasteiger partial charge in [-0.15, -0.1) is 11.8 Å². The van der Waals surface area contributed by atoms with Crippen molar-refractivity contribution in [3.05, 3.63) is 0 Å². The van der Waals surface area contributed by atoms with E-state index in [2.05, 4.69) is 24.1 Å². The van der Waals surface area contributed by atoms with Crippen LogP contribution in [0.3, 0.4) is 0 Å². The van der Waals surface area contributed by atoms with Gasteiger partial charge in [-0.1, -0.05) is 13.3 Å². The van der Waals surface area contributed by atoms with Gasteiger partial charge >= 0.3 is 0 Å². The molecule has 2 rings (SSSR count). The van der Waals surface area contributed by atoms with E-state index in [0.29, 0.717) is 17.0 Å². The van der Waals surface area contributed by atoms with Crippen LogP contribution in [-0.2, 0) is 4.79 Å². The summed E-state index contributed by atoms with van der Waals surface area (Å²) >= 11 is 1.84. The Bertz CT molecular complexity index is 259. The molecular formula is C11H21N2OS+. The lowest BCUT2D eigenvalue weighted by atomic mass is 9.92. The van der Waals surface area contributed by atoms with Crippen molar-refractivity contribution < 1.29 is 10.1 Å². The van der Waals surface area contributed by atoms with Gasteiger partial charge in [-0.3, -0.25) is 4.79 Å². The molecule has 0 radical (unpaired) electrons. The van der Waals surface area contributed by atoms with Crippen molar-refractivity contribution in [1.29, 1.82) is 0 Å². The second-order valence-corrected chi connectivity index (χ2v) is 5.92. The Kier molecular flexibility index (Phi) is 3.26. The molecule has 0 aromatic heterocycles. The van der Waals surface area contributed by atoms with Crippen molar-refractivity contribution in [1.82, 2.24) is 4.90 Å². The number of piperazine rings is 1. The van der Waals surface area contributed by atoms with Gasteiger partial charge in [-0.2, -0.15) is 0 Å². The fraction of sp³-hybridized carbons (Fsp3) is 0.909. The van der Waals surface area contributed by atoms with Gasteiger partial charge in [0.1, 0.15) is 10.9 Å². The first-order valence-electron chi connectivity index (χ1n) is 5.93. The lowest BCUT2D eigenvalue weighted by molar-refractivity contribution is -0.735. The number of carbonyl (C=O) groups excluding carboxylic acids is 1. The molecule has 2 aliphatic rings. The predicted octanol–water partition coefficient (Wildman–Crippen LogP) is 0.414. The van der Waals surface area contributed by atoms with Gasteiger partial charge in [0.25, 0.3) is 0 Å². The van der Waals surface area contributed by atoms with Crippen LogP contribution >= 0.6 is 11.8 Å². The molecule has 2 aliphatic heterocycles. The van der Waals surface area contributed by atoms with Crippen LogP contribution in [0.1, 0.15) is 33.1 Å². The van der Waals surface area contributed by atoms with Crippen molar-refractivity contribution in [3.63, 3.8) is 0 Å². The highest BCUT2D eigenvalue weighted by molar-refractivity contribution is 8.01. The van der Waals surface area contributed by atoms with Gasteiger partial charge in [-0.25, -0.2) is 0 Å². The summed E-state index contributed by atoms with van der Waals surface area (Å²) in [5, 5.41) is 2.88. The summed E-state index contributed by atoms with van der Waals surface area (Å²) in [4.78, 5) is 13.8. The van der Waals surface area contributed by atoms with Gasteiger partial charge in [0, 0.05) is 6.42 Å². The lowest BCUT2D eigenvalue weighted by Gasteiger charge is -2.41. The van der Waals surface area contributed by atoms with Gasteiger partial charge in [0.2, 0.25) is 5.91 Å². The molecule has 2 atom stereocenters. The van der Waals surface area contributed by atoms with E-state index in [0.717, 1.165) is 13.1 Å². The smallest absolute Gasteiger partial charge is 0.233 e. The highest BCUT2D eigenvalue weighted by Gasteiger charge is 2.49. The summed E-state index contributed by atoms with van der Waals surface area (Å²) in [6.45, 7) is 6.57. The first kappa shape index (κ1) is 11.3. The highest BCUT2D eigenvalue weighted by atomic mass is 32.2.